The SMILES string of the molecule is C[C@H](Nc1nc(-c2c[nH]c3ncc(Cl)cc23)ncc1F)C(=O)NCCSCc1c(Cl)cccc1Cl. The average molecular weight is 554 g/mol. The van der Waals surface area contributed by atoms with Gasteiger partial charge in [0.15, 0.2) is 17.5 Å². The van der Waals surface area contributed by atoms with Gasteiger partial charge >= 0.3 is 0 Å². The summed E-state index contributed by atoms with van der Waals surface area (Å²) in [7, 11) is 0. The van der Waals surface area contributed by atoms with Gasteiger partial charge in [-0.05, 0) is 30.7 Å². The summed E-state index contributed by atoms with van der Waals surface area (Å²) < 4.78 is 14.4. The van der Waals surface area contributed by atoms with Crippen molar-refractivity contribution in [3.63, 3.8) is 0 Å². The van der Waals surface area contributed by atoms with E-state index in [4.69, 9.17) is 34.8 Å². The number of halogens is 4. The Kier molecular flexibility index (Phi) is 8.33. The van der Waals surface area contributed by atoms with E-state index in [0.717, 1.165) is 11.8 Å². The lowest BCUT2D eigenvalue weighted by Crippen LogP contribution is -2.39. The topological polar surface area (TPSA) is 95.6 Å². The molecule has 3 N–H and O–H groups in total. The Bertz CT molecular complexity index is 1350. The maximum atomic E-state index is 14.4. The van der Waals surface area contributed by atoms with Gasteiger partial charge < -0.3 is 15.6 Å². The molecule has 1 amide bonds. The molecule has 12 heteroatoms. The van der Waals surface area contributed by atoms with E-state index in [0.29, 0.717) is 49.7 Å². The Labute approximate surface area is 220 Å². The number of aromatic amines is 1. The molecule has 0 fully saturated rings. The van der Waals surface area contributed by atoms with Gasteiger partial charge in [-0.25, -0.2) is 19.3 Å². The van der Waals surface area contributed by atoms with E-state index in [1.807, 2.05) is 0 Å². The number of rotatable bonds is 9. The molecule has 7 nitrogen and oxygen atoms in total. The van der Waals surface area contributed by atoms with Crippen molar-refractivity contribution in [1.29, 1.82) is 0 Å². The molecule has 0 radical (unpaired) electrons. The number of anilines is 1. The van der Waals surface area contributed by atoms with Crippen LogP contribution in [0.5, 0.6) is 0 Å². The molecule has 1 atom stereocenters. The fourth-order valence-electron chi connectivity index (χ4n) is 3.28. The lowest BCUT2D eigenvalue weighted by atomic mass is 10.2. The molecule has 0 aliphatic carbocycles. The molecule has 1 aromatic carbocycles. The van der Waals surface area contributed by atoms with Gasteiger partial charge in [-0.2, -0.15) is 11.8 Å². The van der Waals surface area contributed by atoms with E-state index in [1.165, 1.54) is 6.20 Å². The molecule has 0 aliphatic heterocycles. The number of nitrogens with one attached hydrogen (secondary N) is 3. The zero-order valence-electron chi connectivity index (χ0n) is 18.4. The lowest BCUT2D eigenvalue weighted by Gasteiger charge is -2.15. The highest BCUT2D eigenvalue weighted by Gasteiger charge is 2.18. The lowest BCUT2D eigenvalue weighted by molar-refractivity contribution is -0.121. The van der Waals surface area contributed by atoms with Crippen molar-refractivity contribution in [2.24, 2.45) is 0 Å². The van der Waals surface area contributed by atoms with Crippen LogP contribution in [0.1, 0.15) is 12.5 Å². The van der Waals surface area contributed by atoms with Crippen LogP contribution in [0.2, 0.25) is 15.1 Å². The Morgan fingerprint density at radius 2 is 1.97 bits per heavy atom. The van der Waals surface area contributed by atoms with Crippen LogP contribution in [0.15, 0.2) is 42.9 Å². The first-order chi connectivity index (χ1) is 16.8. The Hall–Kier alpha value is -2.59. The predicted octanol–water partition coefficient (Wildman–Crippen LogP) is 5.97. The summed E-state index contributed by atoms with van der Waals surface area (Å²) in [6, 6.07) is 6.38. The van der Waals surface area contributed by atoms with E-state index < -0.39 is 11.9 Å². The Balaban J connectivity index is 1.34. The summed E-state index contributed by atoms with van der Waals surface area (Å²) in [6.45, 7) is 2.06. The number of carbonyl (C=O) groups excluding carboxylic acids is 1. The number of benzene rings is 1. The summed E-state index contributed by atoms with van der Waals surface area (Å²) in [5.41, 5.74) is 2.09. The summed E-state index contributed by atoms with van der Waals surface area (Å²) >= 11 is 20.0. The first-order valence-electron chi connectivity index (χ1n) is 10.5. The number of amides is 1. The van der Waals surface area contributed by atoms with Crippen LogP contribution in [0, 0.1) is 5.82 Å². The third-order valence-electron chi connectivity index (χ3n) is 5.08. The van der Waals surface area contributed by atoms with Crippen molar-refractivity contribution in [2.75, 3.05) is 17.6 Å². The van der Waals surface area contributed by atoms with Gasteiger partial charge in [-0.3, -0.25) is 4.79 Å². The predicted molar refractivity (Wildman–Crippen MR) is 141 cm³/mol. The summed E-state index contributed by atoms with van der Waals surface area (Å²) in [4.78, 5) is 28.1. The number of hydrogen-bond donors (Lipinski definition) is 3. The molecule has 0 bridgehead atoms. The van der Waals surface area contributed by atoms with Crippen LogP contribution in [-0.4, -0.2) is 44.2 Å². The first kappa shape index (κ1) is 25.5. The van der Waals surface area contributed by atoms with E-state index in [2.05, 4.69) is 30.6 Å². The number of hydrogen-bond acceptors (Lipinski definition) is 6. The van der Waals surface area contributed by atoms with Crippen molar-refractivity contribution in [3.8, 4) is 11.4 Å². The first-order valence-corrected chi connectivity index (χ1v) is 12.8. The quantitative estimate of drug-likeness (QED) is 0.221. The van der Waals surface area contributed by atoms with Crippen LogP contribution >= 0.6 is 46.6 Å². The van der Waals surface area contributed by atoms with Crippen molar-refractivity contribution in [2.45, 2.75) is 18.7 Å². The molecular weight excluding hydrogens is 534 g/mol. The Morgan fingerprint density at radius 1 is 1.20 bits per heavy atom. The number of pyridine rings is 1. The van der Waals surface area contributed by atoms with Crippen LogP contribution < -0.4 is 10.6 Å². The molecule has 35 heavy (non-hydrogen) atoms. The minimum atomic E-state index is -0.727. The molecule has 0 saturated carbocycles. The molecule has 4 rings (SSSR count). The van der Waals surface area contributed by atoms with Crippen molar-refractivity contribution < 1.29 is 9.18 Å². The maximum absolute atomic E-state index is 14.4. The highest BCUT2D eigenvalue weighted by atomic mass is 35.5. The Morgan fingerprint density at radius 3 is 2.74 bits per heavy atom. The van der Waals surface area contributed by atoms with Crippen molar-refractivity contribution in [1.82, 2.24) is 25.3 Å². The zero-order valence-corrected chi connectivity index (χ0v) is 21.5. The van der Waals surface area contributed by atoms with Crippen molar-refractivity contribution >= 4 is 69.3 Å². The monoisotopic (exact) mass is 552 g/mol. The van der Waals surface area contributed by atoms with E-state index >= 15 is 0 Å². The van der Waals surface area contributed by atoms with Gasteiger partial charge in [0.25, 0.3) is 0 Å². The van der Waals surface area contributed by atoms with Gasteiger partial charge in [0.05, 0.1) is 11.2 Å². The standard InChI is InChI=1S/C23H20Cl3FN6OS/c1-12(23(34)28-5-6-35-11-16-17(25)3-2-4-18(16)26)32-22-19(27)10-31-21(33-22)15-9-30-20-14(15)7-13(24)8-29-20/h2-4,7-10,12H,5-6,11H2,1H3,(H,28,34)(H,29,30)(H,31,32,33)/t12-/m0/s1. The van der Waals surface area contributed by atoms with E-state index in [1.54, 1.807) is 49.1 Å². The molecular formula is C23H20Cl3FN6OS. The molecule has 0 saturated heterocycles. The molecule has 3 aromatic heterocycles. The highest BCUT2D eigenvalue weighted by molar-refractivity contribution is 7.98. The second kappa shape index (κ2) is 11.4. The maximum Gasteiger partial charge on any atom is 0.242 e. The smallest absolute Gasteiger partial charge is 0.242 e. The molecule has 0 spiro atoms. The molecule has 0 unspecified atom stereocenters. The number of H-pyrrole nitrogens is 1. The van der Waals surface area contributed by atoms with Gasteiger partial charge in [0.2, 0.25) is 5.91 Å². The highest BCUT2D eigenvalue weighted by Crippen LogP contribution is 2.29. The van der Waals surface area contributed by atoms with Crippen LogP contribution in [0.4, 0.5) is 10.2 Å². The number of aromatic nitrogens is 4. The third kappa shape index (κ3) is 6.16. The summed E-state index contributed by atoms with van der Waals surface area (Å²) in [5.74, 6) is 0.520. The summed E-state index contributed by atoms with van der Waals surface area (Å²) in [5, 5.41) is 8.04. The largest absolute Gasteiger partial charge is 0.356 e. The van der Waals surface area contributed by atoms with Crippen LogP contribution in [-0.2, 0) is 10.5 Å². The zero-order chi connectivity index (χ0) is 24.9. The van der Waals surface area contributed by atoms with E-state index in [9.17, 15) is 9.18 Å². The van der Waals surface area contributed by atoms with Crippen LogP contribution in [0.3, 0.4) is 0 Å². The minimum absolute atomic E-state index is 0.0790. The van der Waals surface area contributed by atoms with Crippen LogP contribution in [0.25, 0.3) is 22.4 Å². The fourth-order valence-corrected chi connectivity index (χ4v) is 5.03. The number of carbonyl (C=O) groups is 1. The van der Waals surface area contributed by atoms with Crippen molar-refractivity contribution in [3.05, 3.63) is 69.3 Å². The normalized spacial score (nSPS) is 12.0. The number of fused-ring (bicyclic) bond motifs is 1. The summed E-state index contributed by atoms with van der Waals surface area (Å²) in [6.07, 6.45) is 4.25. The minimum Gasteiger partial charge on any atom is -0.356 e. The second-order valence-electron chi connectivity index (χ2n) is 7.55. The van der Waals surface area contributed by atoms with Gasteiger partial charge in [0, 0.05) is 51.4 Å². The molecule has 4 aromatic rings. The molecule has 3 heterocycles. The molecule has 0 aliphatic rings. The number of nitrogens with zero attached hydrogens (tertiary/aromatic N) is 3. The number of thioether (sulfide) groups is 1. The van der Waals surface area contributed by atoms with Gasteiger partial charge in [0.1, 0.15) is 11.7 Å². The van der Waals surface area contributed by atoms with Gasteiger partial charge in [-0.1, -0.05) is 40.9 Å². The third-order valence-corrected chi connectivity index (χ3v) is 6.98. The van der Waals surface area contributed by atoms with E-state index in [-0.39, 0.29) is 17.5 Å². The average Bonchev–Trinajstić information content (AvgIpc) is 3.24. The molecule has 182 valence electrons. The fraction of sp³-hybridized carbons (Fsp3) is 0.217. The van der Waals surface area contributed by atoms with Gasteiger partial charge in [-0.15, -0.1) is 0 Å². The second-order valence-corrected chi connectivity index (χ2v) is 9.91.